The molecule has 4 fully saturated rings. The number of likely N-dealkylation sites (tertiary alicyclic amines) is 2. The van der Waals surface area contributed by atoms with E-state index in [1.165, 1.54) is 61.2 Å². The molecule has 2 saturated heterocycles. The molecule has 0 bridgehead atoms. The third-order valence-electron chi connectivity index (χ3n) is 14.8. The first-order chi connectivity index (χ1) is 32.2. The molecule has 15 heteroatoms. The van der Waals surface area contributed by atoms with Crippen molar-refractivity contribution in [1.82, 2.24) is 20.1 Å². The van der Waals surface area contributed by atoms with Gasteiger partial charge in [0.15, 0.2) is 27.7 Å². The highest BCUT2D eigenvalue weighted by Crippen LogP contribution is 2.64. The molecule has 10 rings (SSSR count). The molecule has 0 radical (unpaired) electrons. The Balaban J connectivity index is 0.000000169. The van der Waals surface area contributed by atoms with Gasteiger partial charge < -0.3 is 29.5 Å². The van der Waals surface area contributed by atoms with E-state index in [0.29, 0.717) is 62.9 Å². The summed E-state index contributed by atoms with van der Waals surface area (Å²) < 4.78 is 42.8. The fourth-order valence-electron chi connectivity index (χ4n) is 10.9. The third-order valence-corrected chi connectivity index (χ3v) is 16.7. The molecule has 3 N–H and O–H groups in total. The van der Waals surface area contributed by atoms with E-state index in [0.717, 1.165) is 43.6 Å². The molecule has 4 aromatic carbocycles. The maximum absolute atomic E-state index is 12.9. The molecule has 2 saturated carbocycles. The molecule has 2 aromatic heterocycles. The van der Waals surface area contributed by atoms with Crippen LogP contribution >= 0.6 is 21.9 Å². The first kappa shape index (κ1) is 51.0. The van der Waals surface area contributed by atoms with Crippen LogP contribution in [-0.4, -0.2) is 67.8 Å². The average molecular weight is 984 g/mol. The number of nitrogen functional groups attached to an aromatic ring is 1. The molecular weight excluding hydrogens is 916 g/mol. The van der Waals surface area contributed by atoms with Crippen LogP contribution in [0.4, 0.5) is 11.4 Å². The topological polar surface area (TPSA) is 149 Å². The SMILES string of the molecule is C.CC1(c2cccc(N)c2)C2CN(CCCc3ccccc3)CC21.Cc1noc(C)c1OOSCl.Cc1noc(C)c1S(=O)(=O)Nc1cccc(C2(C)C3CN(CCCc4ccccc4)CC32)c1. The van der Waals surface area contributed by atoms with E-state index in [4.69, 9.17) is 30.3 Å². The predicted molar refractivity (Wildman–Crippen MR) is 273 cm³/mol. The molecular formula is C53H67ClN6O6S2. The molecule has 0 amide bonds. The van der Waals surface area contributed by atoms with E-state index in [-0.39, 0.29) is 17.7 Å². The largest absolute Gasteiger partial charge is 0.399 e. The van der Waals surface area contributed by atoms with Crippen molar-refractivity contribution in [3.05, 3.63) is 154 Å². The summed E-state index contributed by atoms with van der Waals surface area (Å²) in [5.41, 5.74) is 14.4. The summed E-state index contributed by atoms with van der Waals surface area (Å²) in [4.78, 5) is 10.1. The smallest absolute Gasteiger partial charge is 0.267 e. The average Bonchev–Trinajstić information content (AvgIpc) is 3.70. The van der Waals surface area contributed by atoms with Gasteiger partial charge in [-0.25, -0.2) is 8.42 Å². The Bertz CT molecular complexity index is 2640. The monoisotopic (exact) mass is 982 g/mol. The lowest BCUT2D eigenvalue weighted by Crippen LogP contribution is -2.30. The molecule has 12 nitrogen and oxygen atoms in total. The first-order valence-electron chi connectivity index (χ1n) is 23.2. The number of piperidine rings is 2. The fraction of sp³-hybridized carbons (Fsp3) is 0.434. The minimum atomic E-state index is -3.75. The summed E-state index contributed by atoms with van der Waals surface area (Å²) in [6, 6.07) is 37.9. The number of anilines is 2. The number of hydrogen-bond donors (Lipinski definition) is 2. The van der Waals surface area contributed by atoms with Gasteiger partial charge >= 0.3 is 0 Å². The van der Waals surface area contributed by atoms with E-state index in [2.05, 4.69) is 128 Å². The van der Waals surface area contributed by atoms with E-state index in [9.17, 15) is 8.42 Å². The van der Waals surface area contributed by atoms with Crippen LogP contribution in [0.5, 0.6) is 5.75 Å². The molecule has 6 aromatic rings. The van der Waals surface area contributed by atoms with Gasteiger partial charge in [0.2, 0.25) is 5.75 Å². The minimum Gasteiger partial charge on any atom is -0.399 e. The van der Waals surface area contributed by atoms with Crippen LogP contribution in [-0.2, 0) is 38.0 Å². The van der Waals surface area contributed by atoms with Gasteiger partial charge in [0.05, 0.1) is 0 Å². The highest BCUT2D eigenvalue weighted by atomic mass is 35.7. The van der Waals surface area contributed by atoms with Crippen molar-refractivity contribution in [2.45, 2.75) is 90.4 Å². The van der Waals surface area contributed by atoms with Crippen LogP contribution in [0.15, 0.2) is 123 Å². The normalized spacial score (nSPS) is 23.5. The van der Waals surface area contributed by atoms with Gasteiger partial charge in [-0.05, 0) is 140 Å². The standard InChI is InChI=1S/C26H31N3O3S.C21H26N2.C5H6ClNO3S.CH4/c1-18-25(19(2)32-27-18)33(30,31)28-22-13-7-12-21(15-22)26(3)23-16-29(17-24(23)26)14-8-11-20-9-5-4-6-10-20;1-21(17-10-5-11-18(22)13-17)19-14-23(15-20(19)21)12-6-9-16-7-3-2-4-8-16;1-3-5(9-10-11-6)4(2)8-7-3;/h4-7,9-10,12-13,15,23-24,28H,8,11,14,16-17H2,1-3H3;2-5,7-8,10-11,13,19-20H,6,9,12,14-15,22H2,1H3;1-2H3;1H4. The van der Waals surface area contributed by atoms with Gasteiger partial charge in [0, 0.05) is 55.3 Å². The second kappa shape index (κ2) is 21.9. The van der Waals surface area contributed by atoms with Crippen molar-refractivity contribution in [2.24, 2.45) is 23.7 Å². The van der Waals surface area contributed by atoms with Crippen LogP contribution < -0.4 is 15.3 Å². The predicted octanol–water partition coefficient (Wildman–Crippen LogP) is 11.3. The molecule has 364 valence electrons. The number of rotatable bonds is 16. The van der Waals surface area contributed by atoms with Crippen molar-refractivity contribution >= 4 is 43.3 Å². The summed E-state index contributed by atoms with van der Waals surface area (Å²) in [6.45, 7) is 18.6. The van der Waals surface area contributed by atoms with E-state index >= 15 is 0 Å². The van der Waals surface area contributed by atoms with Crippen molar-refractivity contribution in [1.29, 1.82) is 0 Å². The number of fused-ring (bicyclic) bond motifs is 2. The molecule has 4 aliphatic rings. The van der Waals surface area contributed by atoms with Gasteiger partial charge in [-0.2, -0.15) is 0 Å². The number of aromatic nitrogens is 2. The lowest BCUT2D eigenvalue weighted by atomic mass is 9.92. The van der Waals surface area contributed by atoms with Crippen LogP contribution in [0.2, 0.25) is 0 Å². The molecule has 68 heavy (non-hydrogen) atoms. The maximum Gasteiger partial charge on any atom is 0.267 e. The van der Waals surface area contributed by atoms with Crippen molar-refractivity contribution in [3.8, 4) is 5.75 Å². The molecule has 4 unspecified atom stereocenters. The maximum atomic E-state index is 12.9. The quantitative estimate of drug-likeness (QED) is 0.0411. The fourth-order valence-corrected chi connectivity index (χ4v) is 12.5. The lowest BCUT2D eigenvalue weighted by molar-refractivity contribution is -0.0774. The van der Waals surface area contributed by atoms with Gasteiger partial charge in [0.1, 0.15) is 11.4 Å². The minimum absolute atomic E-state index is 0. The Labute approximate surface area is 412 Å². The number of nitrogens with zero attached hydrogens (tertiary/aromatic N) is 4. The Hall–Kier alpha value is -4.83. The second-order valence-electron chi connectivity index (χ2n) is 19.0. The Morgan fingerprint density at radius 3 is 1.65 bits per heavy atom. The Morgan fingerprint density at radius 2 is 1.19 bits per heavy atom. The summed E-state index contributed by atoms with van der Waals surface area (Å²) in [5.74, 6) is 4.23. The van der Waals surface area contributed by atoms with Gasteiger partial charge in [-0.1, -0.05) is 121 Å². The van der Waals surface area contributed by atoms with Gasteiger partial charge in [-0.15, -0.1) is 0 Å². The highest BCUT2D eigenvalue weighted by molar-refractivity contribution is 8.17. The van der Waals surface area contributed by atoms with E-state index in [1.807, 2.05) is 18.2 Å². The molecule has 2 aliphatic heterocycles. The van der Waals surface area contributed by atoms with E-state index in [1.54, 1.807) is 33.8 Å². The molecule has 4 heterocycles. The number of benzene rings is 4. The zero-order valence-corrected chi connectivity index (χ0v) is 41.7. The zero-order valence-electron chi connectivity index (χ0n) is 39.3. The van der Waals surface area contributed by atoms with Crippen molar-refractivity contribution in [3.63, 3.8) is 0 Å². The number of sulfonamides is 1. The van der Waals surface area contributed by atoms with Crippen LogP contribution in [0.1, 0.15) is 79.3 Å². The highest BCUT2D eigenvalue weighted by Gasteiger charge is 2.66. The Kier molecular flexibility index (Phi) is 16.4. The molecule has 2 aliphatic carbocycles. The number of aryl methyl sites for hydroxylation is 6. The van der Waals surface area contributed by atoms with E-state index < -0.39 is 10.0 Å². The van der Waals surface area contributed by atoms with Crippen LogP contribution in [0.25, 0.3) is 0 Å². The summed E-state index contributed by atoms with van der Waals surface area (Å²) in [5, 5.41) is 7.41. The van der Waals surface area contributed by atoms with Crippen molar-refractivity contribution in [2.75, 3.05) is 49.7 Å². The molecule has 4 atom stereocenters. The zero-order chi connectivity index (χ0) is 47.3. The van der Waals surface area contributed by atoms with Crippen LogP contribution in [0.3, 0.4) is 0 Å². The first-order valence-corrected chi connectivity index (χ1v) is 26.3. The van der Waals surface area contributed by atoms with Crippen molar-refractivity contribution < 1.29 is 26.7 Å². The number of nitrogens with one attached hydrogen (secondary N) is 1. The number of nitrogens with two attached hydrogens (primary N) is 1. The lowest BCUT2D eigenvalue weighted by Gasteiger charge is -2.25. The Morgan fingerprint density at radius 1 is 0.706 bits per heavy atom. The van der Waals surface area contributed by atoms with Crippen LogP contribution in [0, 0.1) is 51.4 Å². The number of halogens is 1. The summed E-state index contributed by atoms with van der Waals surface area (Å²) in [7, 11) is 1.39. The summed E-state index contributed by atoms with van der Waals surface area (Å²) >= 11 is 0.598. The third kappa shape index (κ3) is 11.3. The molecule has 0 spiro atoms. The van der Waals surface area contributed by atoms with Gasteiger partial charge in [-0.3, -0.25) is 4.72 Å². The summed E-state index contributed by atoms with van der Waals surface area (Å²) in [6.07, 6.45) is 4.76. The second-order valence-corrected chi connectivity index (χ2v) is 21.3. The van der Waals surface area contributed by atoms with Gasteiger partial charge in [0.25, 0.3) is 10.0 Å². The number of hydrogen-bond acceptors (Lipinski definition) is 12.